The van der Waals surface area contributed by atoms with Gasteiger partial charge in [-0.25, -0.2) is 0 Å². The summed E-state index contributed by atoms with van der Waals surface area (Å²) in [7, 11) is 0. The number of carboxylic acids is 1. The number of ketones is 2. The van der Waals surface area contributed by atoms with E-state index in [0.717, 1.165) is 42.1 Å². The smallest absolute Gasteiger partial charge is 0.433 e. The lowest BCUT2D eigenvalue weighted by Crippen LogP contribution is -2.31. The molecule has 5 rings (SSSR count). The minimum atomic E-state index is -4.83. The number of hydrogen-bond acceptors (Lipinski definition) is 4. The lowest BCUT2D eigenvalue weighted by Gasteiger charge is -2.37. The Morgan fingerprint density at radius 2 is 1.71 bits per heavy atom. The van der Waals surface area contributed by atoms with Crippen molar-refractivity contribution >= 4 is 40.7 Å². The summed E-state index contributed by atoms with van der Waals surface area (Å²) in [5, 5.41) is 13.7. The summed E-state index contributed by atoms with van der Waals surface area (Å²) in [6.07, 6.45) is 1.76. The number of nitrogens with zero attached hydrogens (tertiary/aromatic N) is 2. The van der Waals surface area contributed by atoms with E-state index in [2.05, 4.69) is 5.10 Å². The topological polar surface area (TPSA) is 89.3 Å². The fourth-order valence-corrected chi connectivity index (χ4v) is 7.77. The Morgan fingerprint density at radius 1 is 1.10 bits per heavy atom. The first-order chi connectivity index (χ1) is 19.3. The number of hydrogen-bond donors (Lipinski definition) is 1. The third kappa shape index (κ3) is 6.36. The number of carbonyl (C=O) groups is 3. The molecule has 3 aliphatic rings. The van der Waals surface area contributed by atoms with E-state index in [-0.39, 0.29) is 65.8 Å². The number of aryl methyl sites for hydroxylation is 1. The molecule has 1 aromatic heterocycles. The first-order valence-electron chi connectivity index (χ1n) is 14.2. The van der Waals surface area contributed by atoms with Gasteiger partial charge < -0.3 is 5.11 Å². The van der Waals surface area contributed by atoms with Crippen molar-refractivity contribution in [3.63, 3.8) is 0 Å². The van der Waals surface area contributed by atoms with Crippen molar-refractivity contribution in [2.75, 3.05) is 0 Å². The van der Waals surface area contributed by atoms with E-state index in [9.17, 15) is 32.7 Å². The average Bonchev–Trinajstić information content (AvgIpc) is 3.53. The van der Waals surface area contributed by atoms with Crippen molar-refractivity contribution < 1.29 is 32.7 Å². The molecule has 1 aromatic carbocycles. The van der Waals surface area contributed by atoms with Gasteiger partial charge in [0.2, 0.25) is 0 Å². The molecule has 222 valence electrons. The van der Waals surface area contributed by atoms with Gasteiger partial charge in [-0.05, 0) is 100 Å². The fourth-order valence-electron chi connectivity index (χ4n) is 6.96. The lowest BCUT2D eigenvalue weighted by molar-refractivity contribution is -0.147. The molecule has 1 N–H and O–H groups in total. The number of aliphatic carboxylic acids is 1. The van der Waals surface area contributed by atoms with Crippen LogP contribution in [0.25, 0.3) is 0 Å². The summed E-state index contributed by atoms with van der Waals surface area (Å²) in [5.41, 5.74) is -0.270. The molecule has 1 heterocycles. The molecule has 2 aromatic rings. The Hall–Kier alpha value is -2.39. The van der Waals surface area contributed by atoms with Crippen molar-refractivity contribution in [2.24, 2.45) is 23.2 Å². The lowest BCUT2D eigenvalue weighted by atomic mass is 9.67. The average molecular weight is 614 g/mol. The summed E-state index contributed by atoms with van der Waals surface area (Å²) in [5.74, 6) is -3.12. The number of aromatic nitrogens is 2. The molecule has 1 atom stereocenters. The van der Waals surface area contributed by atoms with E-state index in [0.29, 0.717) is 11.8 Å². The van der Waals surface area contributed by atoms with Crippen LogP contribution in [0.3, 0.4) is 0 Å². The van der Waals surface area contributed by atoms with Crippen molar-refractivity contribution in [1.82, 2.24) is 9.78 Å². The summed E-state index contributed by atoms with van der Waals surface area (Å²) in [6.45, 7) is 1.79. The fraction of sp³-hybridized carbons (Fsp3) is 0.600. The van der Waals surface area contributed by atoms with Crippen LogP contribution in [-0.2, 0) is 11.0 Å². The number of carbonyl (C=O) groups excluding carboxylic acids is 2. The molecule has 0 radical (unpaired) electrons. The second-order valence-electron chi connectivity index (χ2n) is 12.3. The van der Waals surface area contributed by atoms with E-state index in [1.54, 1.807) is 19.1 Å². The van der Waals surface area contributed by atoms with E-state index < -0.39 is 47.1 Å². The van der Waals surface area contributed by atoms with Gasteiger partial charge in [0.25, 0.3) is 0 Å². The quantitative estimate of drug-likeness (QED) is 0.272. The van der Waals surface area contributed by atoms with Crippen LogP contribution in [0.5, 0.6) is 0 Å². The highest BCUT2D eigenvalue weighted by Gasteiger charge is 2.53. The zero-order valence-electron chi connectivity index (χ0n) is 22.8. The van der Waals surface area contributed by atoms with Crippen LogP contribution in [0.1, 0.15) is 109 Å². The Balaban J connectivity index is 1.38. The Morgan fingerprint density at radius 3 is 2.24 bits per heavy atom. The van der Waals surface area contributed by atoms with Gasteiger partial charge in [0.05, 0.1) is 39.3 Å². The molecule has 0 saturated heterocycles. The number of alkyl halides is 3. The molecule has 0 aliphatic heterocycles. The molecule has 3 fully saturated rings. The Labute approximate surface area is 246 Å². The first kappa shape index (κ1) is 30.1. The second kappa shape index (κ2) is 11.4. The van der Waals surface area contributed by atoms with Gasteiger partial charge in [-0.15, -0.1) is 0 Å². The molecule has 1 spiro atoms. The van der Waals surface area contributed by atoms with E-state index in [4.69, 9.17) is 23.2 Å². The molecule has 41 heavy (non-hydrogen) atoms. The van der Waals surface area contributed by atoms with Crippen LogP contribution in [0.4, 0.5) is 13.2 Å². The van der Waals surface area contributed by atoms with E-state index >= 15 is 0 Å². The molecular weight excluding hydrogens is 580 g/mol. The van der Waals surface area contributed by atoms with Crippen LogP contribution in [0.15, 0.2) is 18.3 Å². The number of halogens is 5. The molecule has 11 heteroatoms. The van der Waals surface area contributed by atoms with Gasteiger partial charge in [0.15, 0.2) is 17.3 Å². The van der Waals surface area contributed by atoms with Crippen LogP contribution in [0.2, 0.25) is 10.0 Å². The van der Waals surface area contributed by atoms with Crippen LogP contribution < -0.4 is 0 Å². The van der Waals surface area contributed by atoms with Crippen molar-refractivity contribution in [2.45, 2.75) is 89.8 Å². The molecule has 1 unspecified atom stereocenters. The second-order valence-corrected chi connectivity index (χ2v) is 13.1. The number of Topliss-reactive ketones (excluding diaryl/α,β-unsaturated/α-hetero) is 2. The highest BCUT2D eigenvalue weighted by molar-refractivity contribution is 6.40. The van der Waals surface area contributed by atoms with E-state index in [1.807, 2.05) is 0 Å². The normalized spacial score (nSPS) is 22.8. The largest absolute Gasteiger partial charge is 0.481 e. The van der Waals surface area contributed by atoms with Crippen LogP contribution >= 0.6 is 23.2 Å². The zero-order valence-corrected chi connectivity index (χ0v) is 24.3. The van der Waals surface area contributed by atoms with Gasteiger partial charge in [-0.2, -0.15) is 18.3 Å². The maximum absolute atomic E-state index is 14.4. The van der Waals surface area contributed by atoms with Gasteiger partial charge in [0.1, 0.15) is 0 Å². The highest BCUT2D eigenvalue weighted by Crippen LogP contribution is 2.64. The number of carboxylic acid groups (broad SMARTS) is 1. The molecular formula is C30H33Cl2F3N2O4. The van der Waals surface area contributed by atoms with Gasteiger partial charge in [0, 0.05) is 12.3 Å². The first-order valence-corrected chi connectivity index (χ1v) is 14.9. The monoisotopic (exact) mass is 612 g/mol. The summed E-state index contributed by atoms with van der Waals surface area (Å²) in [4.78, 5) is 38.3. The SMILES string of the molecule is Cc1cc(Cl)c(C(=O)CCC(CC2CC3(CC3)C2)C(=O)c2cnn(C3CCC(C(=O)O)CC3)c2C(F)(F)F)c(Cl)c1. The summed E-state index contributed by atoms with van der Waals surface area (Å²) >= 11 is 12.6. The summed E-state index contributed by atoms with van der Waals surface area (Å²) in [6, 6.07) is 2.61. The van der Waals surface area contributed by atoms with Crippen LogP contribution in [0, 0.1) is 30.1 Å². The third-order valence-electron chi connectivity index (χ3n) is 9.30. The van der Waals surface area contributed by atoms with Gasteiger partial charge in [-0.3, -0.25) is 19.1 Å². The predicted octanol–water partition coefficient (Wildman–Crippen LogP) is 8.38. The zero-order chi connectivity index (χ0) is 29.7. The number of benzene rings is 1. The Bertz CT molecular complexity index is 1330. The highest BCUT2D eigenvalue weighted by atomic mass is 35.5. The maximum atomic E-state index is 14.4. The molecule has 3 saturated carbocycles. The molecule has 3 aliphatic carbocycles. The van der Waals surface area contributed by atoms with E-state index in [1.165, 1.54) is 0 Å². The van der Waals surface area contributed by atoms with Crippen molar-refractivity contribution in [1.29, 1.82) is 0 Å². The minimum absolute atomic E-state index is 0.0773. The Kier molecular flexibility index (Phi) is 8.34. The third-order valence-corrected chi connectivity index (χ3v) is 9.89. The minimum Gasteiger partial charge on any atom is -0.481 e. The molecule has 6 nitrogen and oxygen atoms in total. The number of rotatable bonds is 10. The molecule has 0 amide bonds. The van der Waals surface area contributed by atoms with Gasteiger partial charge >= 0.3 is 12.1 Å². The van der Waals surface area contributed by atoms with Crippen molar-refractivity contribution in [3.8, 4) is 0 Å². The van der Waals surface area contributed by atoms with Crippen molar-refractivity contribution in [3.05, 3.63) is 50.8 Å². The maximum Gasteiger partial charge on any atom is 0.433 e. The predicted molar refractivity (Wildman–Crippen MR) is 147 cm³/mol. The molecule has 0 bridgehead atoms. The van der Waals surface area contributed by atoms with Crippen LogP contribution in [-0.4, -0.2) is 32.4 Å². The van der Waals surface area contributed by atoms with Gasteiger partial charge in [-0.1, -0.05) is 23.2 Å². The summed E-state index contributed by atoms with van der Waals surface area (Å²) < 4.78 is 44.2. The standard InChI is InChI=1S/C30H33Cl2F3N2O4/c1-16-10-22(31)25(23(32)11-16)24(38)7-4-19(12-17-13-29(14-17)8-9-29)26(39)21-15-36-37(27(21)30(33,34)35)20-5-2-18(3-6-20)28(40)41/h10-11,15,17-20H,2-9,12-14H2,1H3,(H,40,41).